The number of urea groups is 1. The van der Waals surface area contributed by atoms with E-state index in [1.54, 1.807) is 0 Å². The lowest BCUT2D eigenvalue weighted by molar-refractivity contribution is -0.142. The average molecular weight is 294 g/mol. The van der Waals surface area contributed by atoms with Crippen LogP contribution in [0.15, 0.2) is 12.4 Å². The Balaban J connectivity index is 1.78. The van der Waals surface area contributed by atoms with Gasteiger partial charge in [0.25, 0.3) is 0 Å². The maximum Gasteiger partial charge on any atom is 0.321 e. The van der Waals surface area contributed by atoms with Gasteiger partial charge in [-0.3, -0.25) is 10.1 Å². The molecule has 3 N–H and O–H groups in total. The van der Waals surface area contributed by atoms with Crippen molar-refractivity contribution < 1.29 is 19.4 Å². The predicted molar refractivity (Wildman–Crippen MR) is 74.1 cm³/mol. The van der Waals surface area contributed by atoms with Gasteiger partial charge >= 0.3 is 12.0 Å². The molecule has 0 spiro atoms. The number of carboxylic acids is 1. The Labute approximate surface area is 121 Å². The molecule has 8 nitrogen and oxygen atoms in total. The van der Waals surface area contributed by atoms with E-state index in [1.165, 1.54) is 19.5 Å². The summed E-state index contributed by atoms with van der Waals surface area (Å²) in [6, 6.07) is -0.405. The fourth-order valence-corrected chi connectivity index (χ4v) is 2.29. The number of carboxylic acid groups (broad SMARTS) is 1. The molecule has 1 fully saturated rings. The van der Waals surface area contributed by atoms with Crippen LogP contribution in [-0.4, -0.2) is 40.2 Å². The summed E-state index contributed by atoms with van der Waals surface area (Å²) < 4.78 is 4.92. The lowest BCUT2D eigenvalue weighted by atomic mass is 9.86. The molecule has 1 aromatic heterocycles. The van der Waals surface area contributed by atoms with E-state index in [4.69, 9.17) is 9.84 Å². The van der Waals surface area contributed by atoms with Gasteiger partial charge < -0.3 is 15.2 Å². The molecule has 0 aromatic carbocycles. The SMILES string of the molecule is COc1cnc(NC(=O)NC2CCC(C(=O)O)CC2)nc1. The number of carbonyl (C=O) groups is 2. The standard InChI is InChI=1S/C13H18N4O4/c1-21-10-6-14-12(15-7-10)17-13(20)16-9-4-2-8(3-5-9)11(18)19/h6-9H,2-5H2,1H3,(H,18,19)(H2,14,15,16,17,20). The van der Waals surface area contributed by atoms with E-state index in [-0.39, 0.29) is 23.9 Å². The number of hydrogen-bond donors (Lipinski definition) is 3. The Bertz CT molecular complexity index is 497. The first kappa shape index (κ1) is 15.0. The molecule has 1 saturated carbocycles. The zero-order valence-corrected chi connectivity index (χ0v) is 11.7. The van der Waals surface area contributed by atoms with E-state index >= 15 is 0 Å². The van der Waals surface area contributed by atoms with E-state index in [0.29, 0.717) is 31.4 Å². The Kier molecular flexibility index (Phi) is 4.91. The number of nitrogens with one attached hydrogen (secondary N) is 2. The summed E-state index contributed by atoms with van der Waals surface area (Å²) in [7, 11) is 1.51. The second kappa shape index (κ2) is 6.87. The van der Waals surface area contributed by atoms with E-state index in [9.17, 15) is 9.59 Å². The summed E-state index contributed by atoms with van der Waals surface area (Å²) in [5.41, 5.74) is 0. The van der Waals surface area contributed by atoms with E-state index in [1.807, 2.05) is 0 Å². The highest BCUT2D eigenvalue weighted by Crippen LogP contribution is 2.24. The normalized spacial score (nSPS) is 21.4. The number of carbonyl (C=O) groups excluding carboxylic acids is 1. The molecule has 0 aliphatic heterocycles. The third-order valence-corrected chi connectivity index (χ3v) is 3.50. The van der Waals surface area contributed by atoms with Gasteiger partial charge in [0.1, 0.15) is 0 Å². The number of rotatable bonds is 4. The van der Waals surface area contributed by atoms with Gasteiger partial charge in [-0.2, -0.15) is 0 Å². The summed E-state index contributed by atoms with van der Waals surface area (Å²) in [6.07, 6.45) is 5.40. The van der Waals surface area contributed by atoms with E-state index in [2.05, 4.69) is 20.6 Å². The molecule has 1 aliphatic rings. The minimum atomic E-state index is -0.760. The van der Waals surface area contributed by atoms with Gasteiger partial charge in [-0.25, -0.2) is 14.8 Å². The summed E-state index contributed by atoms with van der Waals surface area (Å²) >= 11 is 0. The first-order valence-electron chi connectivity index (χ1n) is 6.75. The predicted octanol–water partition coefficient (Wildman–Crippen LogP) is 1.25. The zero-order chi connectivity index (χ0) is 15.2. The molecule has 2 rings (SSSR count). The number of hydrogen-bond acceptors (Lipinski definition) is 5. The van der Waals surface area contributed by atoms with Crippen molar-refractivity contribution in [2.45, 2.75) is 31.7 Å². The molecule has 2 amide bonds. The first-order valence-corrected chi connectivity index (χ1v) is 6.75. The van der Waals surface area contributed by atoms with E-state index < -0.39 is 5.97 Å². The van der Waals surface area contributed by atoms with Crippen LogP contribution in [0.2, 0.25) is 0 Å². The topological polar surface area (TPSA) is 113 Å². The number of aliphatic carboxylic acids is 1. The molecule has 0 unspecified atom stereocenters. The molecule has 0 atom stereocenters. The fourth-order valence-electron chi connectivity index (χ4n) is 2.29. The molecule has 1 heterocycles. The molecule has 21 heavy (non-hydrogen) atoms. The van der Waals surface area contributed by atoms with Gasteiger partial charge in [0.15, 0.2) is 5.75 Å². The Morgan fingerprint density at radius 3 is 2.38 bits per heavy atom. The second-order valence-electron chi connectivity index (χ2n) is 4.93. The quantitative estimate of drug-likeness (QED) is 0.770. The second-order valence-corrected chi connectivity index (χ2v) is 4.93. The summed E-state index contributed by atoms with van der Waals surface area (Å²) in [6.45, 7) is 0. The molecule has 0 bridgehead atoms. The van der Waals surface area contributed by atoms with Crippen LogP contribution in [-0.2, 0) is 4.79 Å². The number of methoxy groups -OCH3 is 1. The van der Waals surface area contributed by atoms with Crippen molar-refractivity contribution >= 4 is 17.9 Å². The van der Waals surface area contributed by atoms with Crippen LogP contribution in [0.1, 0.15) is 25.7 Å². The van der Waals surface area contributed by atoms with Crippen LogP contribution in [0.5, 0.6) is 5.75 Å². The first-order chi connectivity index (χ1) is 10.1. The average Bonchev–Trinajstić information content (AvgIpc) is 2.48. The van der Waals surface area contributed by atoms with Gasteiger partial charge in [0, 0.05) is 6.04 Å². The lowest BCUT2D eigenvalue weighted by Gasteiger charge is -2.26. The molecule has 8 heteroatoms. The van der Waals surface area contributed by atoms with Crippen molar-refractivity contribution in [1.82, 2.24) is 15.3 Å². The minimum Gasteiger partial charge on any atom is -0.494 e. The number of ether oxygens (including phenoxy) is 1. The molecule has 0 saturated heterocycles. The molecule has 1 aliphatic carbocycles. The monoisotopic (exact) mass is 294 g/mol. The van der Waals surface area contributed by atoms with Crippen molar-refractivity contribution in [2.24, 2.45) is 5.92 Å². The maximum atomic E-state index is 11.8. The number of nitrogens with zero attached hydrogens (tertiary/aromatic N) is 2. The van der Waals surface area contributed by atoms with E-state index in [0.717, 1.165) is 0 Å². The van der Waals surface area contributed by atoms with Gasteiger partial charge in [0.05, 0.1) is 25.4 Å². The summed E-state index contributed by atoms with van der Waals surface area (Å²) in [5, 5.41) is 14.2. The highest BCUT2D eigenvalue weighted by atomic mass is 16.5. The van der Waals surface area contributed by atoms with Crippen LogP contribution in [0.4, 0.5) is 10.7 Å². The van der Waals surface area contributed by atoms with Crippen LogP contribution in [0, 0.1) is 5.92 Å². The van der Waals surface area contributed by atoms with Crippen molar-refractivity contribution in [1.29, 1.82) is 0 Å². The van der Waals surface area contributed by atoms with Crippen molar-refractivity contribution in [3.05, 3.63) is 12.4 Å². The molecule has 1 aromatic rings. The van der Waals surface area contributed by atoms with Gasteiger partial charge in [-0.1, -0.05) is 0 Å². The van der Waals surface area contributed by atoms with Crippen LogP contribution in [0.3, 0.4) is 0 Å². The maximum absolute atomic E-state index is 11.8. The van der Waals surface area contributed by atoms with Crippen LogP contribution in [0.25, 0.3) is 0 Å². The third kappa shape index (κ3) is 4.30. The summed E-state index contributed by atoms with van der Waals surface area (Å²) in [5.74, 6) is -0.360. The molecule has 114 valence electrons. The molecular formula is C13H18N4O4. The largest absolute Gasteiger partial charge is 0.494 e. The minimum absolute atomic E-state index is 0.0150. The third-order valence-electron chi connectivity index (χ3n) is 3.50. The van der Waals surface area contributed by atoms with Crippen molar-refractivity contribution in [3.8, 4) is 5.75 Å². The Morgan fingerprint density at radius 1 is 1.24 bits per heavy atom. The van der Waals surface area contributed by atoms with Gasteiger partial charge in [-0.05, 0) is 25.7 Å². The Hall–Kier alpha value is -2.38. The highest BCUT2D eigenvalue weighted by Gasteiger charge is 2.26. The molecule has 0 radical (unpaired) electrons. The van der Waals surface area contributed by atoms with Crippen molar-refractivity contribution in [3.63, 3.8) is 0 Å². The van der Waals surface area contributed by atoms with Gasteiger partial charge in [0.2, 0.25) is 5.95 Å². The van der Waals surface area contributed by atoms with Crippen LogP contribution < -0.4 is 15.4 Å². The van der Waals surface area contributed by atoms with Crippen LogP contribution >= 0.6 is 0 Å². The smallest absolute Gasteiger partial charge is 0.321 e. The molecular weight excluding hydrogens is 276 g/mol. The number of anilines is 1. The number of aromatic nitrogens is 2. The fraction of sp³-hybridized carbons (Fsp3) is 0.538. The highest BCUT2D eigenvalue weighted by molar-refractivity contribution is 5.87. The Morgan fingerprint density at radius 2 is 1.86 bits per heavy atom. The number of amides is 2. The van der Waals surface area contributed by atoms with Crippen molar-refractivity contribution in [2.75, 3.05) is 12.4 Å². The zero-order valence-electron chi connectivity index (χ0n) is 11.7. The van der Waals surface area contributed by atoms with Gasteiger partial charge in [-0.15, -0.1) is 0 Å². The summed E-state index contributed by atoms with van der Waals surface area (Å²) in [4.78, 5) is 30.5. The lowest BCUT2D eigenvalue weighted by Crippen LogP contribution is -2.41.